The number of nitrogens with zero attached hydrogens (tertiary/aromatic N) is 1. The first-order valence-corrected chi connectivity index (χ1v) is 8.32. The molecule has 0 aliphatic rings. The van der Waals surface area contributed by atoms with Gasteiger partial charge in [-0.25, -0.2) is 4.98 Å². The second-order valence-electron chi connectivity index (χ2n) is 5.16. The maximum absolute atomic E-state index is 4.66. The van der Waals surface area contributed by atoms with Gasteiger partial charge in [0.1, 0.15) is 0 Å². The molecule has 0 saturated heterocycles. The van der Waals surface area contributed by atoms with Crippen LogP contribution in [0.25, 0.3) is 10.2 Å². The van der Waals surface area contributed by atoms with Crippen molar-refractivity contribution in [3.63, 3.8) is 0 Å². The van der Waals surface area contributed by atoms with E-state index in [0.717, 1.165) is 31.4 Å². The molecule has 0 aliphatic heterocycles. The first kappa shape index (κ1) is 14.2. The zero-order valence-electron chi connectivity index (χ0n) is 12.1. The third-order valence-electron chi connectivity index (χ3n) is 3.52. The summed E-state index contributed by atoms with van der Waals surface area (Å²) in [6.45, 7) is 2.08. The zero-order chi connectivity index (χ0) is 14.3. The van der Waals surface area contributed by atoms with E-state index in [-0.39, 0.29) is 0 Å². The highest BCUT2D eigenvalue weighted by molar-refractivity contribution is 7.18. The fraction of sp³-hybridized carbons (Fsp3) is 0.278. The van der Waals surface area contributed by atoms with Crippen LogP contribution in [0.1, 0.15) is 17.0 Å². The number of fused-ring (bicyclic) bond motifs is 1. The molecule has 3 aromatic rings. The minimum atomic E-state index is 1.01. The number of rotatable bonds is 7. The van der Waals surface area contributed by atoms with E-state index < -0.39 is 0 Å². The lowest BCUT2D eigenvalue weighted by atomic mass is 10.1. The van der Waals surface area contributed by atoms with Gasteiger partial charge in [0.25, 0.3) is 0 Å². The molecule has 0 aliphatic carbocycles. The fourth-order valence-electron chi connectivity index (χ4n) is 2.41. The van der Waals surface area contributed by atoms with E-state index in [2.05, 4.69) is 58.8 Å². The molecular weight excluding hydrogens is 276 g/mol. The maximum atomic E-state index is 4.66. The number of nitrogens with one attached hydrogen (secondary N) is 1. The second-order valence-corrected chi connectivity index (χ2v) is 6.28. The molecular formula is C18H20N2S. The largest absolute Gasteiger partial charge is 0.316 e. The zero-order valence-corrected chi connectivity index (χ0v) is 12.9. The van der Waals surface area contributed by atoms with Crippen molar-refractivity contribution in [1.29, 1.82) is 0 Å². The lowest BCUT2D eigenvalue weighted by molar-refractivity contribution is 0.647. The van der Waals surface area contributed by atoms with Gasteiger partial charge in [-0.1, -0.05) is 42.5 Å². The number of aromatic nitrogens is 1. The molecule has 0 fully saturated rings. The number of thiazole rings is 1. The average molecular weight is 296 g/mol. The standard InChI is InChI=1S/C18H20N2S/c1-2-7-15(8-3-1)9-6-13-19-14-12-18-20-16-10-4-5-11-17(16)21-18/h1-5,7-8,10-11,19H,6,9,12-14H2. The van der Waals surface area contributed by atoms with Gasteiger partial charge in [-0.3, -0.25) is 0 Å². The molecule has 0 spiro atoms. The minimum absolute atomic E-state index is 1.01. The van der Waals surface area contributed by atoms with E-state index in [0.29, 0.717) is 0 Å². The molecule has 0 atom stereocenters. The SMILES string of the molecule is c1ccc(CCCNCCc2nc3ccccc3s2)cc1. The highest BCUT2D eigenvalue weighted by Gasteiger charge is 2.02. The van der Waals surface area contributed by atoms with Crippen molar-refractivity contribution >= 4 is 21.6 Å². The molecule has 3 rings (SSSR count). The Kier molecular flexibility index (Phi) is 4.98. The molecule has 3 heteroatoms. The molecule has 108 valence electrons. The van der Waals surface area contributed by atoms with Crippen molar-refractivity contribution in [3.05, 3.63) is 65.2 Å². The Hall–Kier alpha value is -1.71. The minimum Gasteiger partial charge on any atom is -0.316 e. The van der Waals surface area contributed by atoms with E-state index in [1.807, 2.05) is 6.07 Å². The summed E-state index contributed by atoms with van der Waals surface area (Å²) < 4.78 is 1.29. The van der Waals surface area contributed by atoms with Crippen LogP contribution in [0, 0.1) is 0 Å². The van der Waals surface area contributed by atoms with Gasteiger partial charge in [0, 0.05) is 13.0 Å². The summed E-state index contributed by atoms with van der Waals surface area (Å²) in [6, 6.07) is 19.0. The Bertz CT molecular complexity index is 643. The molecule has 2 aromatic carbocycles. The summed E-state index contributed by atoms with van der Waals surface area (Å²) in [5.74, 6) is 0. The predicted molar refractivity (Wildman–Crippen MR) is 91.0 cm³/mol. The van der Waals surface area contributed by atoms with Crippen molar-refractivity contribution in [2.24, 2.45) is 0 Å². The van der Waals surface area contributed by atoms with Gasteiger partial charge < -0.3 is 5.32 Å². The first-order valence-electron chi connectivity index (χ1n) is 7.51. The Morgan fingerprint density at radius 3 is 2.52 bits per heavy atom. The molecule has 0 bridgehead atoms. The van der Waals surface area contributed by atoms with Gasteiger partial charge in [-0.05, 0) is 37.1 Å². The lowest BCUT2D eigenvalue weighted by Gasteiger charge is -2.03. The Morgan fingerprint density at radius 2 is 1.67 bits per heavy atom. The summed E-state index contributed by atoms with van der Waals surface area (Å²) in [6.07, 6.45) is 3.35. The summed E-state index contributed by atoms with van der Waals surface area (Å²) >= 11 is 1.81. The summed E-state index contributed by atoms with van der Waals surface area (Å²) in [5.41, 5.74) is 2.55. The smallest absolute Gasteiger partial charge is 0.0951 e. The van der Waals surface area contributed by atoms with Gasteiger partial charge in [0.2, 0.25) is 0 Å². The van der Waals surface area contributed by atoms with E-state index >= 15 is 0 Å². The number of aryl methyl sites for hydroxylation is 1. The van der Waals surface area contributed by atoms with Crippen LogP contribution in [-0.4, -0.2) is 18.1 Å². The first-order chi connectivity index (χ1) is 10.4. The maximum Gasteiger partial charge on any atom is 0.0951 e. The van der Waals surface area contributed by atoms with E-state index in [1.165, 1.54) is 21.7 Å². The number of hydrogen-bond acceptors (Lipinski definition) is 3. The molecule has 1 N–H and O–H groups in total. The molecule has 0 amide bonds. The van der Waals surface area contributed by atoms with Crippen molar-refractivity contribution in [2.45, 2.75) is 19.3 Å². The van der Waals surface area contributed by atoms with Crippen molar-refractivity contribution in [3.8, 4) is 0 Å². The predicted octanol–water partition coefficient (Wildman–Crippen LogP) is 4.06. The molecule has 0 saturated carbocycles. The van der Waals surface area contributed by atoms with Crippen molar-refractivity contribution < 1.29 is 0 Å². The fourth-order valence-corrected chi connectivity index (χ4v) is 3.38. The van der Waals surface area contributed by atoms with Gasteiger partial charge >= 0.3 is 0 Å². The summed E-state index contributed by atoms with van der Waals surface area (Å²) in [4.78, 5) is 4.66. The average Bonchev–Trinajstić information content (AvgIpc) is 2.94. The molecule has 1 aromatic heterocycles. The van der Waals surface area contributed by atoms with Crippen molar-refractivity contribution in [2.75, 3.05) is 13.1 Å². The number of para-hydroxylation sites is 1. The van der Waals surface area contributed by atoms with Crippen LogP contribution < -0.4 is 5.32 Å². The van der Waals surface area contributed by atoms with E-state index in [1.54, 1.807) is 11.3 Å². The van der Waals surface area contributed by atoms with E-state index in [9.17, 15) is 0 Å². The molecule has 1 heterocycles. The van der Waals surface area contributed by atoms with Gasteiger partial charge in [0.15, 0.2) is 0 Å². The van der Waals surface area contributed by atoms with Gasteiger partial charge in [0.05, 0.1) is 15.2 Å². The monoisotopic (exact) mass is 296 g/mol. The Labute approximate surface area is 129 Å². The number of benzene rings is 2. The Balaban J connectivity index is 1.36. The molecule has 0 unspecified atom stereocenters. The van der Waals surface area contributed by atoms with Crippen LogP contribution in [0.4, 0.5) is 0 Å². The Morgan fingerprint density at radius 1 is 0.857 bits per heavy atom. The topological polar surface area (TPSA) is 24.9 Å². The lowest BCUT2D eigenvalue weighted by Crippen LogP contribution is -2.18. The van der Waals surface area contributed by atoms with Crippen LogP contribution in [-0.2, 0) is 12.8 Å². The quantitative estimate of drug-likeness (QED) is 0.665. The highest BCUT2D eigenvalue weighted by Crippen LogP contribution is 2.21. The van der Waals surface area contributed by atoms with Crippen molar-refractivity contribution in [1.82, 2.24) is 10.3 Å². The summed E-state index contributed by atoms with van der Waals surface area (Å²) in [5, 5.41) is 4.74. The highest BCUT2D eigenvalue weighted by atomic mass is 32.1. The van der Waals surface area contributed by atoms with Gasteiger partial charge in [-0.2, -0.15) is 0 Å². The van der Waals surface area contributed by atoms with Gasteiger partial charge in [-0.15, -0.1) is 11.3 Å². The number of hydrogen-bond donors (Lipinski definition) is 1. The normalized spacial score (nSPS) is 11.0. The molecule has 2 nitrogen and oxygen atoms in total. The third-order valence-corrected chi connectivity index (χ3v) is 4.61. The summed E-state index contributed by atoms with van der Waals surface area (Å²) in [7, 11) is 0. The molecule has 0 radical (unpaired) electrons. The van der Waals surface area contributed by atoms with Crippen LogP contribution in [0.3, 0.4) is 0 Å². The van der Waals surface area contributed by atoms with Crippen LogP contribution in [0.5, 0.6) is 0 Å². The van der Waals surface area contributed by atoms with Crippen LogP contribution >= 0.6 is 11.3 Å². The second kappa shape index (κ2) is 7.34. The van der Waals surface area contributed by atoms with E-state index in [4.69, 9.17) is 0 Å². The molecule has 21 heavy (non-hydrogen) atoms. The van der Waals surface area contributed by atoms with Crippen LogP contribution in [0.15, 0.2) is 54.6 Å². The third kappa shape index (κ3) is 4.13. The van der Waals surface area contributed by atoms with Crippen LogP contribution in [0.2, 0.25) is 0 Å².